The van der Waals surface area contributed by atoms with Crippen LogP contribution in [-0.4, -0.2) is 46.7 Å². The minimum absolute atomic E-state index is 0.0206. The van der Waals surface area contributed by atoms with E-state index in [1.165, 1.54) is 65.5 Å². The minimum atomic E-state index is -1.48. The molecule has 3 aromatic rings. The van der Waals surface area contributed by atoms with E-state index in [0.717, 1.165) is 30.8 Å². The molecule has 1 aromatic heterocycles. The Balaban J connectivity index is 1.61. The van der Waals surface area contributed by atoms with Crippen molar-refractivity contribution >= 4 is 40.6 Å². The van der Waals surface area contributed by atoms with Crippen LogP contribution in [-0.2, 0) is 10.4 Å². The van der Waals surface area contributed by atoms with Crippen LogP contribution in [0.5, 0.6) is 5.75 Å². The third-order valence-electron chi connectivity index (χ3n) is 7.55. The number of aromatic nitrogens is 3. The van der Waals surface area contributed by atoms with Crippen LogP contribution in [0.4, 0.5) is 43.4 Å². The number of hydrogen-bond acceptors (Lipinski definition) is 9. The van der Waals surface area contributed by atoms with E-state index in [-0.39, 0.29) is 29.1 Å². The molecule has 1 fully saturated rings. The first-order valence-corrected chi connectivity index (χ1v) is 14.3. The Morgan fingerprint density at radius 1 is 1.07 bits per heavy atom. The topological polar surface area (TPSA) is 125 Å². The SMILES string of the molecule is C=CC(=O)Nc1cc(Nc2ncnc(Nc3cc(F)c(F)cc3C(C)(C)O)n2)c(OC)cc1N(C)CCC1CCCCC1. The van der Waals surface area contributed by atoms with E-state index in [0.29, 0.717) is 23.0 Å². The molecule has 0 spiro atoms. The summed E-state index contributed by atoms with van der Waals surface area (Å²) in [5, 5.41) is 19.3. The van der Waals surface area contributed by atoms with Crippen molar-refractivity contribution < 1.29 is 23.4 Å². The van der Waals surface area contributed by atoms with Gasteiger partial charge in [-0.25, -0.2) is 18.7 Å². The largest absolute Gasteiger partial charge is 0.494 e. The average molecular weight is 596 g/mol. The molecule has 0 radical (unpaired) electrons. The van der Waals surface area contributed by atoms with Crippen molar-refractivity contribution in [2.75, 3.05) is 41.6 Å². The molecule has 0 saturated heterocycles. The van der Waals surface area contributed by atoms with Crippen LogP contribution in [0.2, 0.25) is 0 Å². The number of methoxy groups -OCH3 is 1. The number of benzene rings is 2. The lowest BCUT2D eigenvalue weighted by Crippen LogP contribution is -2.24. The van der Waals surface area contributed by atoms with Crippen LogP contribution in [0.1, 0.15) is 57.9 Å². The summed E-state index contributed by atoms with van der Waals surface area (Å²) in [6.45, 7) is 7.30. The highest BCUT2D eigenvalue weighted by Gasteiger charge is 2.24. The normalized spacial score (nSPS) is 13.7. The van der Waals surface area contributed by atoms with Gasteiger partial charge in [0.25, 0.3) is 0 Å². The molecule has 0 bridgehead atoms. The summed E-state index contributed by atoms with van der Waals surface area (Å²) in [7, 11) is 3.52. The quantitative estimate of drug-likeness (QED) is 0.176. The Morgan fingerprint density at radius 2 is 1.72 bits per heavy atom. The predicted molar refractivity (Wildman–Crippen MR) is 164 cm³/mol. The maximum Gasteiger partial charge on any atom is 0.247 e. The average Bonchev–Trinajstić information content (AvgIpc) is 2.98. The van der Waals surface area contributed by atoms with E-state index < -0.39 is 17.2 Å². The number of ether oxygens (including phenoxy) is 1. The van der Waals surface area contributed by atoms with Crippen LogP contribution in [0, 0.1) is 17.6 Å². The predicted octanol–water partition coefficient (Wildman–Crippen LogP) is 6.40. The number of carbonyl (C=O) groups is 1. The smallest absolute Gasteiger partial charge is 0.247 e. The highest BCUT2D eigenvalue weighted by Crippen LogP contribution is 2.39. The van der Waals surface area contributed by atoms with Gasteiger partial charge in [-0.1, -0.05) is 38.7 Å². The molecule has 0 unspecified atom stereocenters. The monoisotopic (exact) mass is 595 g/mol. The van der Waals surface area contributed by atoms with E-state index in [2.05, 4.69) is 42.4 Å². The number of aliphatic hydroxyl groups is 1. The molecule has 43 heavy (non-hydrogen) atoms. The van der Waals surface area contributed by atoms with E-state index >= 15 is 0 Å². The molecule has 1 amide bonds. The zero-order valence-corrected chi connectivity index (χ0v) is 25.0. The van der Waals surface area contributed by atoms with Crippen LogP contribution in [0.25, 0.3) is 0 Å². The molecule has 1 heterocycles. The fourth-order valence-electron chi connectivity index (χ4n) is 5.22. The van der Waals surface area contributed by atoms with Gasteiger partial charge in [-0.15, -0.1) is 0 Å². The second-order valence-electron chi connectivity index (χ2n) is 11.2. The van der Waals surface area contributed by atoms with Gasteiger partial charge in [0.15, 0.2) is 11.6 Å². The molecule has 1 aliphatic carbocycles. The van der Waals surface area contributed by atoms with Crippen LogP contribution >= 0.6 is 0 Å². The Morgan fingerprint density at radius 3 is 2.35 bits per heavy atom. The van der Waals surface area contributed by atoms with Gasteiger partial charge in [-0.2, -0.15) is 4.98 Å². The fourth-order valence-corrected chi connectivity index (χ4v) is 5.22. The second kappa shape index (κ2) is 13.8. The van der Waals surface area contributed by atoms with E-state index in [1.54, 1.807) is 6.07 Å². The molecule has 4 rings (SSSR count). The summed E-state index contributed by atoms with van der Waals surface area (Å²) >= 11 is 0. The number of hydrogen-bond donors (Lipinski definition) is 4. The summed E-state index contributed by atoms with van der Waals surface area (Å²) in [4.78, 5) is 27.0. The van der Waals surface area contributed by atoms with Crippen molar-refractivity contribution in [3.8, 4) is 5.75 Å². The second-order valence-corrected chi connectivity index (χ2v) is 11.2. The van der Waals surface area contributed by atoms with E-state index in [9.17, 15) is 18.7 Å². The number of amides is 1. The van der Waals surface area contributed by atoms with E-state index in [4.69, 9.17) is 4.74 Å². The van der Waals surface area contributed by atoms with Crippen molar-refractivity contribution in [3.63, 3.8) is 0 Å². The summed E-state index contributed by atoms with van der Waals surface area (Å²) in [5.41, 5.74) is 0.529. The first kappa shape index (κ1) is 31.6. The van der Waals surface area contributed by atoms with Gasteiger partial charge < -0.3 is 30.7 Å². The lowest BCUT2D eigenvalue weighted by Gasteiger charge is -2.28. The van der Waals surface area contributed by atoms with Crippen LogP contribution < -0.4 is 25.6 Å². The minimum Gasteiger partial charge on any atom is -0.494 e. The van der Waals surface area contributed by atoms with Crippen molar-refractivity contribution in [3.05, 3.63) is 60.4 Å². The summed E-state index contributed by atoms with van der Waals surface area (Å²) in [6, 6.07) is 5.42. The van der Waals surface area contributed by atoms with Crippen LogP contribution in [0.15, 0.2) is 43.2 Å². The number of rotatable bonds is 12. The third-order valence-corrected chi connectivity index (χ3v) is 7.55. The van der Waals surface area contributed by atoms with Gasteiger partial charge in [0.1, 0.15) is 12.1 Å². The first-order valence-electron chi connectivity index (χ1n) is 14.3. The molecule has 4 N–H and O–H groups in total. The number of halogens is 2. The molecule has 0 aliphatic heterocycles. The highest BCUT2D eigenvalue weighted by molar-refractivity contribution is 6.02. The molecular weight excluding hydrogens is 556 g/mol. The molecule has 1 saturated carbocycles. The third kappa shape index (κ3) is 8.16. The summed E-state index contributed by atoms with van der Waals surface area (Å²) in [6.07, 6.45) is 9.85. The molecule has 12 heteroatoms. The number of anilines is 6. The Bertz CT molecular complexity index is 1460. The van der Waals surface area contributed by atoms with Gasteiger partial charge in [0, 0.05) is 31.3 Å². The molecule has 10 nitrogen and oxygen atoms in total. The van der Waals surface area contributed by atoms with Gasteiger partial charge in [-0.3, -0.25) is 4.79 Å². The highest BCUT2D eigenvalue weighted by atomic mass is 19.2. The maximum atomic E-state index is 14.1. The zero-order valence-electron chi connectivity index (χ0n) is 25.0. The van der Waals surface area contributed by atoms with Crippen molar-refractivity contribution in [2.24, 2.45) is 5.92 Å². The van der Waals surface area contributed by atoms with Crippen molar-refractivity contribution in [2.45, 2.75) is 58.0 Å². The molecule has 2 aromatic carbocycles. The molecule has 230 valence electrons. The maximum absolute atomic E-state index is 14.1. The Kier molecular flexibility index (Phi) is 10.1. The van der Waals surface area contributed by atoms with Crippen molar-refractivity contribution in [1.82, 2.24) is 15.0 Å². The van der Waals surface area contributed by atoms with Crippen LogP contribution in [0.3, 0.4) is 0 Å². The van der Waals surface area contributed by atoms with Crippen molar-refractivity contribution in [1.29, 1.82) is 0 Å². The van der Waals surface area contributed by atoms with E-state index in [1.807, 2.05) is 13.1 Å². The van der Waals surface area contributed by atoms with Gasteiger partial charge >= 0.3 is 0 Å². The summed E-state index contributed by atoms with van der Waals surface area (Å²) < 4.78 is 33.7. The summed E-state index contributed by atoms with van der Waals surface area (Å²) in [5.74, 6) is -1.23. The lowest BCUT2D eigenvalue weighted by molar-refractivity contribution is -0.111. The molecular formula is C31H39F2N7O3. The zero-order chi connectivity index (χ0) is 31.1. The van der Waals surface area contributed by atoms with Gasteiger partial charge in [0.05, 0.1) is 35.5 Å². The van der Waals surface area contributed by atoms with Gasteiger partial charge in [0.2, 0.25) is 17.8 Å². The Labute approximate surface area is 250 Å². The van der Waals surface area contributed by atoms with Gasteiger partial charge in [-0.05, 0) is 44.4 Å². The lowest BCUT2D eigenvalue weighted by atomic mass is 9.87. The number of carbonyl (C=O) groups excluding carboxylic acids is 1. The number of nitrogens with zero attached hydrogens (tertiary/aromatic N) is 4. The Hall–Kier alpha value is -4.32. The molecule has 0 atom stereocenters. The number of nitrogens with one attached hydrogen (secondary N) is 3. The standard InChI is InChI=1S/C31H39F2N7O3/c1-6-28(41)36-24-16-25(27(43-5)17-26(24)40(4)13-12-19-10-8-7-9-11-19)38-30-35-18-34-29(39-30)37-23-15-22(33)21(32)14-20(23)31(2,3)42/h6,14-19,42H,1,7-13H2,2-5H3,(H,36,41)(H2,34,35,37,38,39). The first-order chi connectivity index (χ1) is 20.5. The molecule has 1 aliphatic rings. The fraction of sp³-hybridized carbons (Fsp3) is 0.419.